The molecule has 0 aliphatic rings. The van der Waals surface area contributed by atoms with Crippen LogP contribution in [0.3, 0.4) is 0 Å². The predicted molar refractivity (Wildman–Crippen MR) is 79.3 cm³/mol. The lowest BCUT2D eigenvalue weighted by atomic mass is 10.0. The number of pyridine rings is 1. The van der Waals surface area contributed by atoms with Crippen LogP contribution in [0.5, 0.6) is 0 Å². The third-order valence-corrected chi connectivity index (χ3v) is 3.35. The van der Waals surface area contributed by atoms with Crippen molar-refractivity contribution in [2.24, 2.45) is 0 Å². The Kier molecular flexibility index (Phi) is 6.45. The highest BCUT2D eigenvalue weighted by molar-refractivity contribution is 5.93. The Bertz CT molecular complexity index is 521. The molecule has 1 aromatic rings. The molecule has 0 unspecified atom stereocenters. The monoisotopic (exact) mass is 280 g/mol. The molecule has 1 N–H and O–H groups in total. The third-order valence-electron chi connectivity index (χ3n) is 3.35. The van der Waals surface area contributed by atoms with E-state index in [1.807, 2.05) is 6.92 Å². The molecule has 0 atom stereocenters. The number of nitrogens with zero attached hydrogens (tertiary/aromatic N) is 1. The second-order valence-corrected chi connectivity index (χ2v) is 4.66. The van der Waals surface area contributed by atoms with Crippen LogP contribution >= 0.6 is 0 Å². The molecule has 0 aliphatic carbocycles. The Hall–Kier alpha value is -1.62. The van der Waals surface area contributed by atoms with Gasteiger partial charge in [0.25, 0.3) is 11.5 Å². The summed E-state index contributed by atoms with van der Waals surface area (Å²) in [7, 11) is 3.14. The Morgan fingerprint density at radius 1 is 1.40 bits per heavy atom. The van der Waals surface area contributed by atoms with Gasteiger partial charge in [0.05, 0.1) is 6.61 Å². The Labute approximate surface area is 119 Å². The number of amides is 1. The molecule has 0 aliphatic heterocycles. The standard InChI is InChI=1S/C15H24N2O3/c1-5-7-13-11(6-2)10-12(14(18)16-3)15(19)17(13)8-9-20-4/h10H,5-9H2,1-4H3,(H,16,18). The summed E-state index contributed by atoms with van der Waals surface area (Å²) in [5, 5.41) is 2.52. The van der Waals surface area contributed by atoms with Gasteiger partial charge in [0.2, 0.25) is 0 Å². The highest BCUT2D eigenvalue weighted by Gasteiger charge is 2.17. The third kappa shape index (κ3) is 3.48. The zero-order valence-electron chi connectivity index (χ0n) is 12.8. The van der Waals surface area contributed by atoms with E-state index in [-0.39, 0.29) is 17.0 Å². The minimum Gasteiger partial charge on any atom is -0.383 e. The number of hydrogen-bond acceptors (Lipinski definition) is 3. The van der Waals surface area contributed by atoms with Crippen molar-refractivity contribution < 1.29 is 9.53 Å². The number of nitrogens with one attached hydrogen (secondary N) is 1. The molecule has 1 aromatic heterocycles. The van der Waals surface area contributed by atoms with Crippen molar-refractivity contribution in [3.63, 3.8) is 0 Å². The summed E-state index contributed by atoms with van der Waals surface area (Å²) in [6, 6.07) is 1.73. The minimum absolute atomic E-state index is 0.209. The molecule has 20 heavy (non-hydrogen) atoms. The first-order valence-corrected chi connectivity index (χ1v) is 7.07. The Morgan fingerprint density at radius 2 is 2.10 bits per heavy atom. The topological polar surface area (TPSA) is 60.3 Å². The highest BCUT2D eigenvalue weighted by atomic mass is 16.5. The second-order valence-electron chi connectivity index (χ2n) is 4.66. The second kappa shape index (κ2) is 7.85. The number of hydrogen-bond donors (Lipinski definition) is 1. The van der Waals surface area contributed by atoms with Crippen molar-refractivity contribution in [3.05, 3.63) is 33.2 Å². The van der Waals surface area contributed by atoms with E-state index in [1.165, 1.54) is 7.05 Å². The minimum atomic E-state index is -0.334. The molecule has 112 valence electrons. The van der Waals surface area contributed by atoms with E-state index in [4.69, 9.17) is 4.74 Å². The van der Waals surface area contributed by atoms with E-state index in [9.17, 15) is 9.59 Å². The van der Waals surface area contributed by atoms with Gasteiger partial charge in [0, 0.05) is 26.4 Å². The van der Waals surface area contributed by atoms with Crippen LogP contribution in [0.1, 0.15) is 41.9 Å². The van der Waals surface area contributed by atoms with E-state index in [0.29, 0.717) is 13.2 Å². The first kappa shape index (κ1) is 16.4. The van der Waals surface area contributed by atoms with Gasteiger partial charge in [-0.15, -0.1) is 0 Å². The summed E-state index contributed by atoms with van der Waals surface area (Å²) in [4.78, 5) is 24.3. The maximum absolute atomic E-state index is 12.5. The molecule has 0 aromatic carbocycles. The van der Waals surface area contributed by atoms with Gasteiger partial charge in [-0.25, -0.2) is 0 Å². The molecule has 0 saturated heterocycles. The first-order chi connectivity index (χ1) is 9.60. The SMILES string of the molecule is CCCc1c(CC)cc(C(=O)NC)c(=O)n1CCOC. The molecule has 1 rings (SSSR count). The smallest absolute Gasteiger partial charge is 0.263 e. The molecule has 5 heteroatoms. The fourth-order valence-corrected chi connectivity index (χ4v) is 2.32. The van der Waals surface area contributed by atoms with Crippen LogP contribution in [0.15, 0.2) is 10.9 Å². The van der Waals surface area contributed by atoms with E-state index in [0.717, 1.165) is 30.5 Å². The lowest BCUT2D eigenvalue weighted by Gasteiger charge is -2.17. The van der Waals surface area contributed by atoms with Crippen LogP contribution < -0.4 is 10.9 Å². The number of aryl methyl sites for hydroxylation is 1. The number of ether oxygens (including phenoxy) is 1. The summed E-state index contributed by atoms with van der Waals surface area (Å²) in [5.74, 6) is -0.334. The summed E-state index contributed by atoms with van der Waals surface area (Å²) >= 11 is 0. The van der Waals surface area contributed by atoms with E-state index in [1.54, 1.807) is 17.7 Å². The van der Waals surface area contributed by atoms with Crippen molar-refractivity contribution >= 4 is 5.91 Å². The largest absolute Gasteiger partial charge is 0.383 e. The fraction of sp³-hybridized carbons (Fsp3) is 0.600. The average molecular weight is 280 g/mol. The predicted octanol–water partition coefficient (Wildman–Crippen LogP) is 1.37. The van der Waals surface area contributed by atoms with Gasteiger partial charge >= 0.3 is 0 Å². The first-order valence-electron chi connectivity index (χ1n) is 7.07. The number of carbonyl (C=O) groups is 1. The van der Waals surface area contributed by atoms with Gasteiger partial charge in [0.1, 0.15) is 5.56 Å². The number of aromatic nitrogens is 1. The Morgan fingerprint density at radius 3 is 2.60 bits per heavy atom. The van der Waals surface area contributed by atoms with Crippen LogP contribution in [-0.2, 0) is 24.1 Å². The van der Waals surface area contributed by atoms with Gasteiger partial charge in [-0.3, -0.25) is 9.59 Å². The average Bonchev–Trinajstić information content (AvgIpc) is 2.46. The zero-order chi connectivity index (χ0) is 15.1. The van der Waals surface area contributed by atoms with Crippen molar-refractivity contribution in [2.45, 2.75) is 39.7 Å². The van der Waals surface area contributed by atoms with Gasteiger partial charge in [-0.2, -0.15) is 0 Å². The quantitative estimate of drug-likeness (QED) is 0.820. The molecule has 0 bridgehead atoms. The Balaban J connectivity index is 3.46. The van der Waals surface area contributed by atoms with Gasteiger partial charge in [0.15, 0.2) is 0 Å². The van der Waals surface area contributed by atoms with Crippen LogP contribution in [0, 0.1) is 0 Å². The van der Waals surface area contributed by atoms with Gasteiger partial charge < -0.3 is 14.6 Å². The molecule has 5 nitrogen and oxygen atoms in total. The molecule has 0 fully saturated rings. The lowest BCUT2D eigenvalue weighted by Crippen LogP contribution is -2.34. The van der Waals surface area contributed by atoms with Gasteiger partial charge in [-0.1, -0.05) is 20.3 Å². The maximum atomic E-state index is 12.5. The molecular formula is C15H24N2O3. The van der Waals surface area contributed by atoms with Crippen LogP contribution in [0.4, 0.5) is 0 Å². The normalized spacial score (nSPS) is 10.6. The number of methoxy groups -OCH3 is 1. The number of rotatable bonds is 7. The van der Waals surface area contributed by atoms with E-state index >= 15 is 0 Å². The maximum Gasteiger partial charge on any atom is 0.263 e. The molecular weight excluding hydrogens is 256 g/mol. The summed E-state index contributed by atoms with van der Waals surface area (Å²) in [5.41, 5.74) is 2.05. The van der Waals surface area contributed by atoms with E-state index < -0.39 is 0 Å². The molecule has 0 radical (unpaired) electrons. The van der Waals surface area contributed by atoms with Crippen molar-refractivity contribution in [3.8, 4) is 0 Å². The van der Waals surface area contributed by atoms with Crippen LogP contribution in [0.2, 0.25) is 0 Å². The van der Waals surface area contributed by atoms with Gasteiger partial charge in [-0.05, 0) is 24.5 Å². The van der Waals surface area contributed by atoms with E-state index in [2.05, 4.69) is 12.2 Å². The molecule has 0 spiro atoms. The summed E-state index contributed by atoms with van der Waals surface area (Å²) in [6.45, 7) is 5.05. The van der Waals surface area contributed by atoms with Crippen molar-refractivity contribution in [1.82, 2.24) is 9.88 Å². The number of carbonyl (C=O) groups excluding carboxylic acids is 1. The lowest BCUT2D eigenvalue weighted by molar-refractivity contribution is 0.0960. The zero-order valence-corrected chi connectivity index (χ0v) is 12.8. The van der Waals surface area contributed by atoms with Crippen molar-refractivity contribution in [2.75, 3.05) is 20.8 Å². The fourth-order valence-electron chi connectivity index (χ4n) is 2.32. The summed E-state index contributed by atoms with van der Waals surface area (Å²) in [6.07, 6.45) is 2.58. The van der Waals surface area contributed by atoms with Crippen molar-refractivity contribution in [1.29, 1.82) is 0 Å². The molecule has 0 saturated carbocycles. The van der Waals surface area contributed by atoms with Crippen LogP contribution in [0.25, 0.3) is 0 Å². The summed E-state index contributed by atoms with van der Waals surface area (Å²) < 4.78 is 6.76. The highest BCUT2D eigenvalue weighted by Crippen LogP contribution is 2.13. The molecule has 1 heterocycles. The van der Waals surface area contributed by atoms with Crippen LogP contribution in [-0.4, -0.2) is 31.2 Å². The molecule has 1 amide bonds.